The summed E-state index contributed by atoms with van der Waals surface area (Å²) in [5.41, 5.74) is 3.00. The molecule has 0 bridgehead atoms. The number of halogens is 2. The Labute approximate surface area is 163 Å². The van der Waals surface area contributed by atoms with E-state index in [2.05, 4.69) is 44.4 Å². The zero-order valence-corrected chi connectivity index (χ0v) is 17.2. The maximum atomic E-state index is 12.9. The minimum absolute atomic E-state index is 0. The number of fused-ring (bicyclic) bond motifs is 1. The molecule has 2 N–H and O–H groups in total. The number of carbonyl (C=O) groups excluding carboxylic acids is 1. The van der Waals surface area contributed by atoms with Gasteiger partial charge in [-0.2, -0.15) is 0 Å². The Balaban J connectivity index is 0.00000156. The highest BCUT2D eigenvalue weighted by Crippen LogP contribution is 2.29. The van der Waals surface area contributed by atoms with E-state index in [0.717, 1.165) is 43.0 Å². The third-order valence-corrected chi connectivity index (χ3v) is 5.62. The molecule has 1 unspecified atom stereocenters. The van der Waals surface area contributed by atoms with Crippen molar-refractivity contribution >= 4 is 36.4 Å². The van der Waals surface area contributed by atoms with Crippen LogP contribution in [0.25, 0.3) is 0 Å². The summed E-state index contributed by atoms with van der Waals surface area (Å²) in [6, 6.07) is 6.42. The SMILES string of the molecule is Cc1c(NC(C)C(C)C)cccc1C(=O)N1C[C@H]2CNC[C@H]2C1.Cl.Cl. The van der Waals surface area contributed by atoms with E-state index < -0.39 is 0 Å². The molecule has 3 atom stereocenters. The highest BCUT2D eigenvalue weighted by molar-refractivity contribution is 5.97. The van der Waals surface area contributed by atoms with Gasteiger partial charge in [0.05, 0.1) is 0 Å². The van der Waals surface area contributed by atoms with Crippen molar-refractivity contribution in [1.82, 2.24) is 10.2 Å². The Morgan fingerprint density at radius 3 is 2.32 bits per heavy atom. The molecule has 2 aliphatic heterocycles. The molecular formula is C19H31Cl2N3O. The molecule has 1 aromatic carbocycles. The van der Waals surface area contributed by atoms with Crippen molar-refractivity contribution < 1.29 is 4.79 Å². The number of nitrogens with one attached hydrogen (secondary N) is 2. The van der Waals surface area contributed by atoms with Gasteiger partial charge in [0.25, 0.3) is 5.91 Å². The number of hydrogen-bond acceptors (Lipinski definition) is 3. The molecule has 2 saturated heterocycles. The Morgan fingerprint density at radius 1 is 1.16 bits per heavy atom. The zero-order chi connectivity index (χ0) is 16.6. The average Bonchev–Trinajstić information content (AvgIpc) is 3.09. The fraction of sp³-hybridized carbons (Fsp3) is 0.632. The predicted octanol–water partition coefficient (Wildman–Crippen LogP) is 3.59. The fourth-order valence-corrected chi connectivity index (χ4v) is 3.63. The number of likely N-dealkylation sites (tertiary alicyclic amines) is 1. The van der Waals surface area contributed by atoms with E-state index in [4.69, 9.17) is 0 Å². The van der Waals surface area contributed by atoms with E-state index in [1.54, 1.807) is 0 Å². The Bertz CT molecular complexity index is 582. The van der Waals surface area contributed by atoms with Crippen LogP contribution in [-0.2, 0) is 0 Å². The first-order chi connectivity index (χ1) is 11.0. The van der Waals surface area contributed by atoms with E-state index in [9.17, 15) is 4.79 Å². The normalized spacial score (nSPS) is 22.8. The van der Waals surface area contributed by atoms with Crippen molar-refractivity contribution in [2.24, 2.45) is 17.8 Å². The third-order valence-electron chi connectivity index (χ3n) is 5.62. The van der Waals surface area contributed by atoms with Crippen LogP contribution in [0, 0.1) is 24.7 Å². The molecule has 2 fully saturated rings. The number of nitrogens with zero attached hydrogens (tertiary/aromatic N) is 1. The zero-order valence-electron chi connectivity index (χ0n) is 15.5. The Morgan fingerprint density at radius 2 is 1.76 bits per heavy atom. The van der Waals surface area contributed by atoms with Crippen LogP contribution >= 0.6 is 24.8 Å². The first-order valence-electron chi connectivity index (χ1n) is 8.83. The second kappa shape index (κ2) is 9.11. The predicted molar refractivity (Wildman–Crippen MR) is 109 cm³/mol. The topological polar surface area (TPSA) is 44.4 Å². The first-order valence-corrected chi connectivity index (χ1v) is 8.83. The first kappa shape index (κ1) is 22.1. The van der Waals surface area contributed by atoms with Crippen LogP contribution in [0.1, 0.15) is 36.7 Å². The van der Waals surface area contributed by atoms with Crippen LogP contribution in [-0.4, -0.2) is 43.0 Å². The van der Waals surface area contributed by atoms with Gasteiger partial charge < -0.3 is 15.5 Å². The van der Waals surface area contributed by atoms with Gasteiger partial charge >= 0.3 is 0 Å². The van der Waals surface area contributed by atoms with Gasteiger partial charge in [-0.1, -0.05) is 19.9 Å². The highest BCUT2D eigenvalue weighted by atomic mass is 35.5. The largest absolute Gasteiger partial charge is 0.382 e. The summed E-state index contributed by atoms with van der Waals surface area (Å²) in [5, 5.41) is 6.98. The van der Waals surface area contributed by atoms with Gasteiger partial charge in [-0.25, -0.2) is 0 Å². The molecule has 0 radical (unpaired) electrons. The number of rotatable bonds is 4. The molecule has 142 valence electrons. The number of hydrogen-bond donors (Lipinski definition) is 2. The second-order valence-electron chi connectivity index (χ2n) is 7.54. The molecule has 4 nitrogen and oxygen atoms in total. The number of anilines is 1. The molecule has 6 heteroatoms. The van der Waals surface area contributed by atoms with E-state index in [1.165, 1.54) is 0 Å². The summed E-state index contributed by atoms with van der Waals surface area (Å²) in [6.45, 7) is 12.6. The maximum Gasteiger partial charge on any atom is 0.254 e. The average molecular weight is 388 g/mol. The molecule has 0 aliphatic carbocycles. The number of amides is 1. The van der Waals surface area contributed by atoms with Gasteiger partial charge in [-0.15, -0.1) is 24.8 Å². The van der Waals surface area contributed by atoms with Crippen LogP contribution in [0.5, 0.6) is 0 Å². The Kier molecular flexibility index (Phi) is 8.04. The summed E-state index contributed by atoms with van der Waals surface area (Å²) >= 11 is 0. The molecule has 0 spiro atoms. The van der Waals surface area contributed by atoms with Crippen LogP contribution in [0.15, 0.2) is 18.2 Å². The van der Waals surface area contributed by atoms with Crippen molar-refractivity contribution in [3.05, 3.63) is 29.3 Å². The third kappa shape index (κ3) is 4.60. The Hall–Kier alpha value is -0.970. The minimum atomic E-state index is 0. The maximum absolute atomic E-state index is 12.9. The van der Waals surface area contributed by atoms with Crippen molar-refractivity contribution in [3.8, 4) is 0 Å². The monoisotopic (exact) mass is 387 g/mol. The van der Waals surface area contributed by atoms with Crippen LogP contribution in [0.3, 0.4) is 0 Å². The van der Waals surface area contributed by atoms with Crippen molar-refractivity contribution in [1.29, 1.82) is 0 Å². The van der Waals surface area contributed by atoms with Gasteiger partial charge in [0.15, 0.2) is 0 Å². The van der Waals surface area contributed by atoms with Gasteiger partial charge in [-0.05, 0) is 49.3 Å². The van der Waals surface area contributed by atoms with Crippen LogP contribution < -0.4 is 10.6 Å². The molecule has 1 aromatic rings. The number of benzene rings is 1. The highest BCUT2D eigenvalue weighted by Gasteiger charge is 2.38. The smallest absolute Gasteiger partial charge is 0.254 e. The summed E-state index contributed by atoms with van der Waals surface area (Å²) in [7, 11) is 0. The quantitative estimate of drug-likeness (QED) is 0.829. The standard InChI is InChI=1S/C19H29N3O.2ClH/c1-12(2)14(4)21-18-7-5-6-17(13(18)3)19(23)22-10-15-8-20-9-16(15)11-22;;/h5-7,12,14-16,20-21H,8-11H2,1-4H3;2*1H/t14?,15-,16+;;. The van der Waals surface area contributed by atoms with E-state index >= 15 is 0 Å². The lowest BCUT2D eigenvalue weighted by atomic mass is 10.0. The summed E-state index contributed by atoms with van der Waals surface area (Å²) < 4.78 is 0. The van der Waals surface area contributed by atoms with Crippen LogP contribution in [0.4, 0.5) is 5.69 Å². The van der Waals surface area contributed by atoms with Crippen molar-refractivity contribution in [3.63, 3.8) is 0 Å². The van der Waals surface area contributed by atoms with Gasteiger partial charge in [0.2, 0.25) is 0 Å². The van der Waals surface area contributed by atoms with Gasteiger partial charge in [-0.3, -0.25) is 4.79 Å². The van der Waals surface area contributed by atoms with Crippen molar-refractivity contribution in [2.45, 2.75) is 33.7 Å². The second-order valence-corrected chi connectivity index (χ2v) is 7.54. The molecule has 0 aromatic heterocycles. The lowest BCUT2D eigenvalue weighted by molar-refractivity contribution is 0.0781. The van der Waals surface area contributed by atoms with Gasteiger partial charge in [0.1, 0.15) is 0 Å². The van der Waals surface area contributed by atoms with Gasteiger partial charge in [0, 0.05) is 43.5 Å². The molecule has 0 saturated carbocycles. The summed E-state index contributed by atoms with van der Waals surface area (Å²) in [6.07, 6.45) is 0. The van der Waals surface area contributed by atoms with E-state index in [0.29, 0.717) is 23.8 Å². The fourth-order valence-electron chi connectivity index (χ4n) is 3.63. The lowest BCUT2D eigenvalue weighted by Crippen LogP contribution is -2.32. The van der Waals surface area contributed by atoms with E-state index in [-0.39, 0.29) is 30.7 Å². The summed E-state index contributed by atoms with van der Waals surface area (Å²) in [4.78, 5) is 15.0. The van der Waals surface area contributed by atoms with Crippen LogP contribution in [0.2, 0.25) is 0 Å². The molecule has 3 rings (SSSR count). The molecular weight excluding hydrogens is 357 g/mol. The minimum Gasteiger partial charge on any atom is -0.382 e. The van der Waals surface area contributed by atoms with E-state index in [1.807, 2.05) is 17.0 Å². The van der Waals surface area contributed by atoms with Crippen molar-refractivity contribution in [2.75, 3.05) is 31.5 Å². The molecule has 2 aliphatic rings. The molecule has 1 amide bonds. The lowest BCUT2D eigenvalue weighted by Gasteiger charge is -2.23. The molecule has 2 heterocycles. The molecule has 25 heavy (non-hydrogen) atoms. The number of carbonyl (C=O) groups is 1. The summed E-state index contributed by atoms with van der Waals surface area (Å²) in [5.74, 6) is 2.03.